The SMILES string of the molecule is Cc1ccc(C)c(NS(=O)(=O)c2cc(C(=O)N[C@@H]3C[C@H]4CC[C@@H]3C4)ccc2C)c1. The molecule has 4 rings (SSSR count). The predicted octanol–water partition coefficient (Wildman–Crippen LogP) is 4.33. The highest BCUT2D eigenvalue weighted by Crippen LogP contribution is 2.44. The predicted molar refractivity (Wildman–Crippen MR) is 115 cm³/mol. The summed E-state index contributed by atoms with van der Waals surface area (Å²) in [5.41, 5.74) is 3.38. The molecule has 3 atom stereocenters. The van der Waals surface area contributed by atoms with Gasteiger partial charge in [0.15, 0.2) is 0 Å². The molecule has 2 aromatic carbocycles. The minimum Gasteiger partial charge on any atom is -0.349 e. The smallest absolute Gasteiger partial charge is 0.262 e. The normalized spacial score (nSPS) is 23.2. The fourth-order valence-corrected chi connectivity index (χ4v) is 6.14. The van der Waals surface area contributed by atoms with E-state index >= 15 is 0 Å². The molecule has 2 aliphatic rings. The Balaban J connectivity index is 1.57. The van der Waals surface area contributed by atoms with E-state index in [2.05, 4.69) is 10.0 Å². The number of nitrogens with one attached hydrogen (secondary N) is 2. The maximum Gasteiger partial charge on any atom is 0.262 e. The fourth-order valence-electron chi connectivity index (χ4n) is 4.75. The van der Waals surface area contributed by atoms with Crippen LogP contribution in [0.15, 0.2) is 41.3 Å². The molecule has 2 saturated carbocycles. The van der Waals surface area contributed by atoms with Gasteiger partial charge in [0.05, 0.1) is 10.6 Å². The summed E-state index contributed by atoms with van der Waals surface area (Å²) in [7, 11) is -3.80. The van der Waals surface area contributed by atoms with Gasteiger partial charge < -0.3 is 5.32 Å². The van der Waals surface area contributed by atoms with Crippen molar-refractivity contribution in [2.75, 3.05) is 4.72 Å². The van der Waals surface area contributed by atoms with Crippen LogP contribution in [0.5, 0.6) is 0 Å². The Bertz CT molecular complexity index is 1060. The monoisotopic (exact) mass is 412 g/mol. The molecule has 0 spiro atoms. The van der Waals surface area contributed by atoms with Crippen molar-refractivity contribution in [3.8, 4) is 0 Å². The number of hydrogen-bond acceptors (Lipinski definition) is 3. The van der Waals surface area contributed by atoms with E-state index < -0.39 is 10.0 Å². The van der Waals surface area contributed by atoms with Crippen LogP contribution in [-0.4, -0.2) is 20.4 Å². The van der Waals surface area contributed by atoms with Gasteiger partial charge in [-0.3, -0.25) is 9.52 Å². The first-order chi connectivity index (χ1) is 13.7. The summed E-state index contributed by atoms with van der Waals surface area (Å²) in [6, 6.07) is 10.8. The summed E-state index contributed by atoms with van der Waals surface area (Å²) in [5.74, 6) is 1.12. The molecule has 2 N–H and O–H groups in total. The van der Waals surface area contributed by atoms with Gasteiger partial charge in [0, 0.05) is 11.6 Å². The van der Waals surface area contributed by atoms with Crippen molar-refractivity contribution < 1.29 is 13.2 Å². The first-order valence-electron chi connectivity index (χ1n) is 10.2. The zero-order valence-corrected chi connectivity index (χ0v) is 18.0. The lowest BCUT2D eigenvalue weighted by Gasteiger charge is -2.23. The second kappa shape index (κ2) is 7.48. The van der Waals surface area contributed by atoms with Crippen molar-refractivity contribution in [2.24, 2.45) is 11.8 Å². The number of aryl methyl sites for hydroxylation is 3. The molecule has 0 aliphatic heterocycles. The summed E-state index contributed by atoms with van der Waals surface area (Å²) >= 11 is 0. The van der Waals surface area contributed by atoms with Gasteiger partial charge in [0.1, 0.15) is 0 Å². The van der Waals surface area contributed by atoms with E-state index in [0.717, 1.165) is 23.5 Å². The van der Waals surface area contributed by atoms with Crippen LogP contribution in [0.1, 0.15) is 52.7 Å². The van der Waals surface area contributed by atoms with Crippen LogP contribution < -0.4 is 10.0 Å². The quantitative estimate of drug-likeness (QED) is 0.767. The fraction of sp³-hybridized carbons (Fsp3) is 0.435. The molecule has 0 heterocycles. The van der Waals surface area contributed by atoms with Crippen LogP contribution in [0.4, 0.5) is 5.69 Å². The van der Waals surface area contributed by atoms with Gasteiger partial charge in [0.2, 0.25) is 0 Å². The lowest BCUT2D eigenvalue weighted by Crippen LogP contribution is -2.38. The van der Waals surface area contributed by atoms with Gasteiger partial charge >= 0.3 is 0 Å². The van der Waals surface area contributed by atoms with Gasteiger partial charge in [-0.25, -0.2) is 8.42 Å². The molecule has 5 nitrogen and oxygen atoms in total. The minimum atomic E-state index is -3.80. The average Bonchev–Trinajstić information content (AvgIpc) is 3.27. The van der Waals surface area contributed by atoms with Crippen molar-refractivity contribution >= 4 is 21.6 Å². The lowest BCUT2D eigenvalue weighted by molar-refractivity contribution is 0.0922. The molecular weight excluding hydrogens is 384 g/mol. The highest BCUT2D eigenvalue weighted by Gasteiger charge is 2.40. The Morgan fingerprint density at radius 2 is 1.72 bits per heavy atom. The Labute approximate surface area is 173 Å². The van der Waals surface area contributed by atoms with E-state index in [0.29, 0.717) is 22.7 Å². The molecule has 0 aromatic heterocycles. The van der Waals surface area contributed by atoms with Crippen LogP contribution in [-0.2, 0) is 10.0 Å². The van der Waals surface area contributed by atoms with E-state index in [4.69, 9.17) is 0 Å². The van der Waals surface area contributed by atoms with Crippen LogP contribution in [0.2, 0.25) is 0 Å². The van der Waals surface area contributed by atoms with E-state index in [9.17, 15) is 13.2 Å². The highest BCUT2D eigenvalue weighted by molar-refractivity contribution is 7.92. The van der Waals surface area contributed by atoms with E-state index in [1.807, 2.05) is 32.0 Å². The highest BCUT2D eigenvalue weighted by atomic mass is 32.2. The Morgan fingerprint density at radius 1 is 0.966 bits per heavy atom. The van der Waals surface area contributed by atoms with E-state index in [-0.39, 0.29) is 16.8 Å². The molecule has 2 fully saturated rings. The largest absolute Gasteiger partial charge is 0.349 e. The Hall–Kier alpha value is -2.34. The third kappa shape index (κ3) is 4.04. The second-order valence-corrected chi connectivity index (χ2v) is 10.3. The molecular formula is C23H28N2O3S. The molecule has 1 amide bonds. The number of sulfonamides is 1. The molecule has 0 radical (unpaired) electrons. The van der Waals surface area contributed by atoms with E-state index in [1.165, 1.54) is 25.3 Å². The third-order valence-electron chi connectivity index (χ3n) is 6.43. The number of carbonyl (C=O) groups is 1. The topological polar surface area (TPSA) is 75.3 Å². The minimum absolute atomic E-state index is 0.138. The van der Waals surface area contributed by atoms with Crippen LogP contribution in [0.25, 0.3) is 0 Å². The van der Waals surface area contributed by atoms with Gasteiger partial charge in [-0.2, -0.15) is 0 Å². The molecule has 0 saturated heterocycles. The molecule has 2 aromatic rings. The van der Waals surface area contributed by atoms with Gasteiger partial charge in [0.25, 0.3) is 15.9 Å². The Morgan fingerprint density at radius 3 is 2.41 bits per heavy atom. The van der Waals surface area contributed by atoms with Crippen molar-refractivity contribution in [1.82, 2.24) is 5.32 Å². The van der Waals surface area contributed by atoms with E-state index in [1.54, 1.807) is 19.1 Å². The molecule has 2 bridgehead atoms. The summed E-state index contributed by atoms with van der Waals surface area (Å²) in [5, 5.41) is 3.14. The molecule has 29 heavy (non-hydrogen) atoms. The first-order valence-corrected chi connectivity index (χ1v) is 11.7. The zero-order valence-electron chi connectivity index (χ0n) is 17.2. The van der Waals surface area contributed by atoms with Crippen molar-refractivity contribution in [3.05, 3.63) is 58.7 Å². The standard InChI is InChI=1S/C23H28N2O3S/c1-14-4-5-15(2)20(10-14)25-29(27,28)22-13-19(8-6-16(22)3)23(26)24-21-12-17-7-9-18(21)11-17/h4-6,8,10,13,17-18,21,25H,7,9,11-12H2,1-3H3,(H,24,26)/t17-,18+,21+/m0/s1. The van der Waals surface area contributed by atoms with Gasteiger partial charge in [-0.1, -0.05) is 24.6 Å². The molecule has 0 unspecified atom stereocenters. The van der Waals surface area contributed by atoms with Crippen molar-refractivity contribution in [2.45, 2.75) is 57.4 Å². The first kappa shape index (κ1) is 20.0. The lowest BCUT2D eigenvalue weighted by atomic mass is 9.95. The van der Waals surface area contributed by atoms with Crippen molar-refractivity contribution in [1.29, 1.82) is 0 Å². The molecule has 154 valence electrons. The van der Waals surface area contributed by atoms with Crippen molar-refractivity contribution in [3.63, 3.8) is 0 Å². The summed E-state index contributed by atoms with van der Waals surface area (Å²) in [6.45, 7) is 5.53. The maximum absolute atomic E-state index is 13.1. The number of fused-ring (bicyclic) bond motifs is 2. The van der Waals surface area contributed by atoms with Gasteiger partial charge in [-0.15, -0.1) is 0 Å². The maximum atomic E-state index is 13.1. The molecule has 2 aliphatic carbocycles. The number of carbonyl (C=O) groups excluding carboxylic acids is 1. The summed E-state index contributed by atoms with van der Waals surface area (Å²) in [4.78, 5) is 12.9. The van der Waals surface area contributed by atoms with Crippen LogP contribution >= 0.6 is 0 Å². The number of benzene rings is 2. The third-order valence-corrected chi connectivity index (χ3v) is 7.94. The molecule has 6 heteroatoms. The Kier molecular flexibility index (Phi) is 5.15. The number of hydrogen-bond donors (Lipinski definition) is 2. The average molecular weight is 413 g/mol. The summed E-state index contributed by atoms with van der Waals surface area (Å²) < 4.78 is 28.8. The van der Waals surface area contributed by atoms with Crippen LogP contribution in [0, 0.1) is 32.6 Å². The van der Waals surface area contributed by atoms with Gasteiger partial charge in [-0.05, 0) is 86.8 Å². The zero-order chi connectivity index (χ0) is 20.8. The summed E-state index contributed by atoms with van der Waals surface area (Å²) in [6.07, 6.45) is 4.71. The number of amides is 1. The number of anilines is 1. The van der Waals surface area contributed by atoms with Crippen LogP contribution in [0.3, 0.4) is 0 Å². The number of rotatable bonds is 5. The second-order valence-electron chi connectivity index (χ2n) is 8.66.